The lowest BCUT2D eigenvalue weighted by Crippen LogP contribution is -2.36. The lowest BCUT2D eigenvalue weighted by atomic mass is 10.1. The predicted octanol–water partition coefficient (Wildman–Crippen LogP) is 2.41. The van der Waals surface area contributed by atoms with Crippen molar-refractivity contribution in [2.45, 2.75) is 45.4 Å². The quantitative estimate of drug-likeness (QED) is 0.862. The van der Waals surface area contributed by atoms with Crippen molar-refractivity contribution < 1.29 is 14.6 Å². The Morgan fingerprint density at radius 2 is 2.50 bits per heavy atom. The first-order chi connectivity index (χ1) is 8.58. The summed E-state index contributed by atoms with van der Waals surface area (Å²) in [6.07, 6.45) is 2.54. The van der Waals surface area contributed by atoms with Crippen LogP contribution in [0.1, 0.15) is 39.9 Å². The van der Waals surface area contributed by atoms with E-state index in [-0.39, 0.29) is 0 Å². The number of aromatic carboxylic acids is 1. The summed E-state index contributed by atoms with van der Waals surface area (Å²) >= 11 is 1.34. The third kappa shape index (κ3) is 3.10. The molecule has 2 N–H and O–H groups in total. The van der Waals surface area contributed by atoms with E-state index in [0.717, 1.165) is 29.9 Å². The number of aryl methyl sites for hydroxylation is 1. The van der Waals surface area contributed by atoms with Crippen LogP contribution in [0.25, 0.3) is 0 Å². The number of thiophene rings is 1. The molecule has 1 aliphatic rings. The molecule has 2 atom stereocenters. The number of carboxylic acids is 1. The van der Waals surface area contributed by atoms with Crippen LogP contribution in [0.4, 0.5) is 0 Å². The zero-order chi connectivity index (χ0) is 13.1. The molecule has 100 valence electrons. The van der Waals surface area contributed by atoms with Gasteiger partial charge in [-0.3, -0.25) is 0 Å². The molecule has 18 heavy (non-hydrogen) atoms. The topological polar surface area (TPSA) is 58.6 Å². The van der Waals surface area contributed by atoms with E-state index in [9.17, 15) is 4.79 Å². The molecule has 0 radical (unpaired) electrons. The molecule has 2 unspecified atom stereocenters. The van der Waals surface area contributed by atoms with E-state index >= 15 is 0 Å². The lowest BCUT2D eigenvalue weighted by molar-refractivity contribution is 0.0702. The van der Waals surface area contributed by atoms with Crippen LogP contribution in [-0.2, 0) is 11.3 Å². The average molecular weight is 269 g/mol. The Balaban J connectivity index is 1.91. The summed E-state index contributed by atoms with van der Waals surface area (Å²) in [6.45, 7) is 5.65. The maximum Gasteiger partial charge on any atom is 0.345 e. The van der Waals surface area contributed by atoms with Crippen LogP contribution in [0, 0.1) is 6.92 Å². The number of rotatable bonds is 5. The van der Waals surface area contributed by atoms with Gasteiger partial charge in [-0.15, -0.1) is 11.3 Å². The van der Waals surface area contributed by atoms with Crippen LogP contribution in [-0.4, -0.2) is 29.8 Å². The van der Waals surface area contributed by atoms with E-state index in [1.807, 2.05) is 6.92 Å². The van der Waals surface area contributed by atoms with E-state index in [4.69, 9.17) is 9.84 Å². The first-order valence-corrected chi connectivity index (χ1v) is 7.07. The molecule has 1 aromatic heterocycles. The second kappa shape index (κ2) is 5.82. The van der Waals surface area contributed by atoms with E-state index in [2.05, 4.69) is 12.2 Å². The van der Waals surface area contributed by atoms with Gasteiger partial charge in [0.1, 0.15) is 4.88 Å². The first kappa shape index (κ1) is 13.5. The Morgan fingerprint density at radius 1 is 1.72 bits per heavy atom. The Kier molecular flexibility index (Phi) is 4.37. The van der Waals surface area contributed by atoms with E-state index in [0.29, 0.717) is 23.6 Å². The summed E-state index contributed by atoms with van der Waals surface area (Å²) in [7, 11) is 0. The van der Waals surface area contributed by atoms with Crippen molar-refractivity contribution in [2.24, 2.45) is 0 Å². The third-order valence-electron chi connectivity index (χ3n) is 3.37. The van der Waals surface area contributed by atoms with Gasteiger partial charge in [-0.2, -0.15) is 0 Å². The monoisotopic (exact) mass is 269 g/mol. The molecule has 1 saturated heterocycles. The first-order valence-electron chi connectivity index (χ1n) is 6.25. The second-order valence-electron chi connectivity index (χ2n) is 4.72. The molecule has 0 saturated carbocycles. The van der Waals surface area contributed by atoms with Gasteiger partial charge in [0.15, 0.2) is 0 Å². The molecule has 0 amide bonds. The van der Waals surface area contributed by atoms with E-state index in [1.54, 1.807) is 6.07 Å². The molecule has 1 fully saturated rings. The van der Waals surface area contributed by atoms with Crippen molar-refractivity contribution in [1.82, 2.24) is 5.32 Å². The van der Waals surface area contributed by atoms with Gasteiger partial charge in [0.05, 0.1) is 6.10 Å². The van der Waals surface area contributed by atoms with Gasteiger partial charge in [-0.1, -0.05) is 0 Å². The molecule has 2 heterocycles. The molecule has 0 aliphatic carbocycles. The molecule has 0 spiro atoms. The minimum Gasteiger partial charge on any atom is -0.477 e. The highest BCUT2D eigenvalue weighted by Crippen LogP contribution is 2.22. The smallest absolute Gasteiger partial charge is 0.345 e. The summed E-state index contributed by atoms with van der Waals surface area (Å²) in [4.78, 5) is 12.4. The maximum absolute atomic E-state index is 10.9. The fraction of sp³-hybridized carbons (Fsp3) is 0.615. The Labute approximate surface area is 111 Å². The molecule has 4 nitrogen and oxygen atoms in total. The van der Waals surface area contributed by atoms with Crippen LogP contribution in [0.5, 0.6) is 0 Å². The van der Waals surface area contributed by atoms with Crippen LogP contribution in [0.3, 0.4) is 0 Å². The minimum atomic E-state index is -0.846. The number of carboxylic acid groups (broad SMARTS) is 1. The summed E-state index contributed by atoms with van der Waals surface area (Å²) < 4.78 is 5.62. The second-order valence-corrected chi connectivity index (χ2v) is 5.97. The lowest BCUT2D eigenvalue weighted by Gasteiger charge is -2.19. The standard InChI is InChI=1S/C13H19NO3S/c1-8(11-4-3-5-17-11)14-7-10-6-12(13(15)16)18-9(10)2/h6,8,11,14H,3-5,7H2,1-2H3,(H,15,16). The van der Waals surface area contributed by atoms with Crippen LogP contribution in [0.2, 0.25) is 0 Å². The summed E-state index contributed by atoms with van der Waals surface area (Å²) in [6, 6.07) is 2.07. The van der Waals surface area contributed by atoms with Crippen molar-refractivity contribution in [3.63, 3.8) is 0 Å². The number of hydrogen-bond acceptors (Lipinski definition) is 4. The Hall–Kier alpha value is -0.910. The highest BCUT2D eigenvalue weighted by atomic mass is 32.1. The van der Waals surface area contributed by atoms with Crippen molar-refractivity contribution in [1.29, 1.82) is 0 Å². The van der Waals surface area contributed by atoms with Crippen molar-refractivity contribution in [2.75, 3.05) is 6.61 Å². The maximum atomic E-state index is 10.9. The number of carbonyl (C=O) groups is 1. The van der Waals surface area contributed by atoms with Crippen molar-refractivity contribution in [3.8, 4) is 0 Å². The molecule has 1 aliphatic heterocycles. The molecular weight excluding hydrogens is 250 g/mol. The summed E-state index contributed by atoms with van der Waals surface area (Å²) in [5, 5.41) is 12.4. The van der Waals surface area contributed by atoms with Gasteiger partial charge in [0.25, 0.3) is 0 Å². The van der Waals surface area contributed by atoms with Gasteiger partial charge >= 0.3 is 5.97 Å². The van der Waals surface area contributed by atoms with Gasteiger partial charge in [-0.25, -0.2) is 4.79 Å². The SMILES string of the molecule is Cc1sc(C(=O)O)cc1CNC(C)C1CCCO1. The highest BCUT2D eigenvalue weighted by molar-refractivity contribution is 7.14. The highest BCUT2D eigenvalue weighted by Gasteiger charge is 2.22. The summed E-state index contributed by atoms with van der Waals surface area (Å²) in [5.41, 5.74) is 1.07. The van der Waals surface area contributed by atoms with E-state index in [1.165, 1.54) is 11.3 Å². The molecule has 2 rings (SSSR count). The minimum absolute atomic E-state index is 0.294. The molecular formula is C13H19NO3S. The van der Waals surface area contributed by atoms with Crippen LogP contribution < -0.4 is 5.32 Å². The average Bonchev–Trinajstić information content (AvgIpc) is 2.95. The largest absolute Gasteiger partial charge is 0.477 e. The normalized spacial score (nSPS) is 21.1. The third-order valence-corrected chi connectivity index (χ3v) is 4.45. The fourth-order valence-electron chi connectivity index (χ4n) is 2.20. The summed E-state index contributed by atoms with van der Waals surface area (Å²) in [5.74, 6) is -0.846. The number of hydrogen-bond donors (Lipinski definition) is 2. The van der Waals surface area contributed by atoms with E-state index < -0.39 is 5.97 Å². The van der Waals surface area contributed by atoms with Gasteiger partial charge < -0.3 is 15.2 Å². The molecule has 5 heteroatoms. The molecule has 0 aromatic carbocycles. The van der Waals surface area contributed by atoms with Gasteiger partial charge in [0.2, 0.25) is 0 Å². The number of nitrogens with one attached hydrogen (secondary N) is 1. The Bertz CT molecular complexity index is 424. The van der Waals surface area contributed by atoms with Crippen LogP contribution in [0.15, 0.2) is 6.07 Å². The van der Waals surface area contributed by atoms with Gasteiger partial charge in [0, 0.05) is 24.1 Å². The molecule has 0 bridgehead atoms. The van der Waals surface area contributed by atoms with Crippen molar-refractivity contribution >= 4 is 17.3 Å². The fourth-order valence-corrected chi connectivity index (χ4v) is 3.08. The predicted molar refractivity (Wildman–Crippen MR) is 71.3 cm³/mol. The number of ether oxygens (including phenoxy) is 1. The zero-order valence-electron chi connectivity index (χ0n) is 10.7. The zero-order valence-corrected chi connectivity index (χ0v) is 11.5. The molecule has 1 aromatic rings. The van der Waals surface area contributed by atoms with Gasteiger partial charge in [-0.05, 0) is 38.3 Å². The van der Waals surface area contributed by atoms with Crippen LogP contribution >= 0.6 is 11.3 Å². The van der Waals surface area contributed by atoms with Crippen molar-refractivity contribution in [3.05, 3.63) is 21.4 Å². The Morgan fingerprint density at radius 3 is 3.06 bits per heavy atom.